The molecule has 19 heavy (non-hydrogen) atoms. The molecule has 2 unspecified atom stereocenters. The molecule has 0 aromatic heterocycles. The van der Waals surface area contributed by atoms with Crippen molar-refractivity contribution in [2.75, 3.05) is 6.61 Å². The maximum atomic E-state index is 10.4. The Morgan fingerprint density at radius 3 is 2.53 bits per heavy atom. The first kappa shape index (κ1) is 14.5. The number of hydrogen-bond donors (Lipinski definition) is 1. The molecule has 0 amide bonds. The summed E-state index contributed by atoms with van der Waals surface area (Å²) in [7, 11) is 0. The summed E-state index contributed by atoms with van der Waals surface area (Å²) < 4.78 is 5.62. The second-order valence-electron chi connectivity index (χ2n) is 5.89. The van der Waals surface area contributed by atoms with E-state index < -0.39 is 0 Å². The molecule has 1 saturated heterocycles. The molecule has 0 saturated carbocycles. The Hall–Kier alpha value is -0.860. The highest BCUT2D eigenvalue weighted by molar-refractivity contribution is 5.38. The summed E-state index contributed by atoms with van der Waals surface area (Å²) in [4.78, 5) is 0. The van der Waals surface area contributed by atoms with E-state index in [0.717, 1.165) is 31.4 Å². The van der Waals surface area contributed by atoms with Gasteiger partial charge in [-0.05, 0) is 69.6 Å². The molecular formula is C17H26O2. The van der Waals surface area contributed by atoms with Crippen molar-refractivity contribution < 1.29 is 9.84 Å². The minimum atomic E-state index is -0.331. The number of aryl methyl sites for hydroxylation is 3. The van der Waals surface area contributed by atoms with Gasteiger partial charge in [-0.15, -0.1) is 0 Å². The molecule has 1 fully saturated rings. The summed E-state index contributed by atoms with van der Waals surface area (Å²) >= 11 is 0. The van der Waals surface area contributed by atoms with Crippen LogP contribution in [-0.2, 0) is 4.74 Å². The van der Waals surface area contributed by atoms with E-state index in [1.807, 2.05) is 0 Å². The van der Waals surface area contributed by atoms with Gasteiger partial charge in [0, 0.05) is 6.61 Å². The van der Waals surface area contributed by atoms with Crippen molar-refractivity contribution in [2.24, 2.45) is 0 Å². The average Bonchev–Trinajstić information content (AvgIpc) is 2.80. The Morgan fingerprint density at radius 2 is 1.95 bits per heavy atom. The van der Waals surface area contributed by atoms with Crippen LogP contribution in [-0.4, -0.2) is 17.8 Å². The van der Waals surface area contributed by atoms with Crippen molar-refractivity contribution in [2.45, 2.75) is 65.1 Å². The molecule has 0 bridgehead atoms. The lowest BCUT2D eigenvalue weighted by Crippen LogP contribution is -2.07. The van der Waals surface area contributed by atoms with Crippen LogP contribution in [0.5, 0.6) is 0 Å². The molecule has 2 nitrogen and oxygen atoms in total. The van der Waals surface area contributed by atoms with Crippen LogP contribution in [0.25, 0.3) is 0 Å². The van der Waals surface area contributed by atoms with Crippen molar-refractivity contribution in [3.63, 3.8) is 0 Å². The first-order valence-corrected chi connectivity index (χ1v) is 7.45. The van der Waals surface area contributed by atoms with Gasteiger partial charge in [0.15, 0.2) is 0 Å². The van der Waals surface area contributed by atoms with Gasteiger partial charge in [-0.3, -0.25) is 0 Å². The fourth-order valence-electron chi connectivity index (χ4n) is 3.27. The Kier molecular flexibility index (Phi) is 5.00. The zero-order chi connectivity index (χ0) is 13.8. The van der Waals surface area contributed by atoms with E-state index in [1.165, 1.54) is 29.5 Å². The molecule has 2 rings (SSSR count). The lowest BCUT2D eigenvalue weighted by Gasteiger charge is -2.18. The smallest absolute Gasteiger partial charge is 0.0795 e. The normalized spacial score (nSPS) is 20.7. The first-order chi connectivity index (χ1) is 9.08. The average molecular weight is 262 g/mol. The van der Waals surface area contributed by atoms with E-state index in [2.05, 4.69) is 32.9 Å². The maximum Gasteiger partial charge on any atom is 0.0795 e. The zero-order valence-electron chi connectivity index (χ0n) is 12.4. The van der Waals surface area contributed by atoms with Crippen LogP contribution in [0.1, 0.15) is 60.5 Å². The fourth-order valence-corrected chi connectivity index (χ4v) is 3.27. The van der Waals surface area contributed by atoms with E-state index >= 15 is 0 Å². The van der Waals surface area contributed by atoms with Crippen molar-refractivity contribution in [3.8, 4) is 0 Å². The number of aliphatic hydroxyl groups excluding tert-OH is 1. The van der Waals surface area contributed by atoms with Crippen LogP contribution in [0.15, 0.2) is 12.1 Å². The molecule has 1 aliphatic rings. The van der Waals surface area contributed by atoms with Gasteiger partial charge in [-0.25, -0.2) is 0 Å². The van der Waals surface area contributed by atoms with Gasteiger partial charge in [0.1, 0.15) is 0 Å². The van der Waals surface area contributed by atoms with E-state index in [1.54, 1.807) is 0 Å². The second-order valence-corrected chi connectivity index (χ2v) is 5.89. The molecule has 0 spiro atoms. The topological polar surface area (TPSA) is 29.5 Å². The summed E-state index contributed by atoms with van der Waals surface area (Å²) in [5.74, 6) is 0. The van der Waals surface area contributed by atoms with Crippen LogP contribution in [0, 0.1) is 20.8 Å². The van der Waals surface area contributed by atoms with Gasteiger partial charge >= 0.3 is 0 Å². The van der Waals surface area contributed by atoms with Crippen LogP contribution in [0.3, 0.4) is 0 Å². The Bertz CT molecular complexity index is 396. The SMILES string of the molecule is Cc1cc(C)c(C(O)CCCC2CCCO2)c(C)c1. The Labute approximate surface area is 116 Å². The number of aliphatic hydroxyl groups is 1. The van der Waals surface area contributed by atoms with Crippen molar-refractivity contribution in [3.05, 3.63) is 34.4 Å². The van der Waals surface area contributed by atoms with Crippen LogP contribution in [0.4, 0.5) is 0 Å². The Morgan fingerprint density at radius 1 is 1.26 bits per heavy atom. The third kappa shape index (κ3) is 3.80. The number of ether oxygens (including phenoxy) is 1. The molecule has 2 atom stereocenters. The van der Waals surface area contributed by atoms with E-state index in [-0.39, 0.29) is 6.10 Å². The predicted molar refractivity (Wildman–Crippen MR) is 78.4 cm³/mol. The highest BCUT2D eigenvalue weighted by Crippen LogP contribution is 2.28. The zero-order valence-corrected chi connectivity index (χ0v) is 12.4. The number of hydrogen-bond acceptors (Lipinski definition) is 2. The summed E-state index contributed by atoms with van der Waals surface area (Å²) in [5.41, 5.74) is 4.81. The molecular weight excluding hydrogens is 236 g/mol. The summed E-state index contributed by atoms with van der Waals surface area (Å²) in [6.45, 7) is 7.22. The van der Waals surface area contributed by atoms with Gasteiger partial charge in [0.05, 0.1) is 12.2 Å². The van der Waals surface area contributed by atoms with Gasteiger partial charge < -0.3 is 9.84 Å². The molecule has 1 aliphatic heterocycles. The third-order valence-electron chi connectivity index (χ3n) is 4.10. The van der Waals surface area contributed by atoms with Crippen LogP contribution in [0.2, 0.25) is 0 Å². The van der Waals surface area contributed by atoms with Crippen molar-refractivity contribution in [1.29, 1.82) is 0 Å². The van der Waals surface area contributed by atoms with Crippen molar-refractivity contribution >= 4 is 0 Å². The highest BCUT2D eigenvalue weighted by atomic mass is 16.5. The molecule has 106 valence electrons. The predicted octanol–water partition coefficient (Wildman–Crippen LogP) is 3.99. The van der Waals surface area contributed by atoms with Crippen molar-refractivity contribution in [1.82, 2.24) is 0 Å². The Balaban J connectivity index is 1.90. The molecule has 0 radical (unpaired) electrons. The summed E-state index contributed by atoms with van der Waals surface area (Å²) in [6, 6.07) is 4.32. The quantitative estimate of drug-likeness (QED) is 0.869. The van der Waals surface area contributed by atoms with Gasteiger partial charge in [-0.2, -0.15) is 0 Å². The fraction of sp³-hybridized carbons (Fsp3) is 0.647. The second kappa shape index (κ2) is 6.53. The lowest BCUT2D eigenvalue weighted by molar-refractivity contribution is 0.0943. The van der Waals surface area contributed by atoms with Gasteiger partial charge in [0.25, 0.3) is 0 Å². The van der Waals surface area contributed by atoms with E-state index in [0.29, 0.717) is 6.10 Å². The van der Waals surface area contributed by atoms with Crippen LogP contribution < -0.4 is 0 Å². The van der Waals surface area contributed by atoms with Gasteiger partial charge in [-0.1, -0.05) is 17.7 Å². The first-order valence-electron chi connectivity index (χ1n) is 7.45. The molecule has 1 N–H and O–H groups in total. The number of rotatable bonds is 5. The molecule has 2 heteroatoms. The highest BCUT2D eigenvalue weighted by Gasteiger charge is 2.17. The molecule has 1 aromatic carbocycles. The molecule has 1 aromatic rings. The maximum absolute atomic E-state index is 10.4. The largest absolute Gasteiger partial charge is 0.388 e. The molecule has 0 aliphatic carbocycles. The van der Waals surface area contributed by atoms with Crippen LogP contribution >= 0.6 is 0 Å². The monoisotopic (exact) mass is 262 g/mol. The van der Waals surface area contributed by atoms with E-state index in [4.69, 9.17) is 4.74 Å². The summed E-state index contributed by atoms with van der Waals surface area (Å²) in [6.07, 6.45) is 5.46. The summed E-state index contributed by atoms with van der Waals surface area (Å²) in [5, 5.41) is 10.4. The molecule has 1 heterocycles. The van der Waals surface area contributed by atoms with Gasteiger partial charge in [0.2, 0.25) is 0 Å². The number of benzene rings is 1. The lowest BCUT2D eigenvalue weighted by atomic mass is 9.92. The standard InChI is InChI=1S/C17H26O2/c1-12-10-13(2)17(14(3)11-12)16(18)8-4-6-15-7-5-9-19-15/h10-11,15-16,18H,4-9H2,1-3H3. The minimum Gasteiger partial charge on any atom is -0.388 e. The van der Waals surface area contributed by atoms with E-state index in [9.17, 15) is 5.11 Å². The third-order valence-corrected chi connectivity index (χ3v) is 4.10. The minimum absolute atomic E-state index is 0.331.